The molecule has 11 heteroatoms. The van der Waals surface area contributed by atoms with Crippen LogP contribution in [0.15, 0.2) is 30.3 Å². The topological polar surface area (TPSA) is 167 Å². The Kier molecular flexibility index (Phi) is 8.19. The summed E-state index contributed by atoms with van der Waals surface area (Å²) < 4.78 is 21.6. The molecule has 6 N–H and O–H groups in total. The molecule has 0 spiro atoms. The maximum Gasteiger partial charge on any atom is 0.407 e. The van der Waals surface area contributed by atoms with E-state index >= 15 is 0 Å². The number of hydrogen-bond donors (Lipinski definition) is 6. The summed E-state index contributed by atoms with van der Waals surface area (Å²) in [6.45, 7) is 1.16. The second-order valence-corrected chi connectivity index (χ2v) is 7.50. The van der Waals surface area contributed by atoms with Crippen LogP contribution in [0.5, 0.6) is 0 Å². The highest BCUT2D eigenvalue weighted by Crippen LogP contribution is 2.29. The molecule has 0 unspecified atom stereocenters. The number of benzene rings is 1. The van der Waals surface area contributed by atoms with Gasteiger partial charge in [-0.25, -0.2) is 4.79 Å². The molecule has 11 nitrogen and oxygen atoms in total. The van der Waals surface area contributed by atoms with E-state index in [9.17, 15) is 30.3 Å². The van der Waals surface area contributed by atoms with Crippen molar-refractivity contribution in [3.8, 4) is 0 Å². The first-order chi connectivity index (χ1) is 14.8. The van der Waals surface area contributed by atoms with Crippen molar-refractivity contribution in [2.45, 2.75) is 75.2 Å². The van der Waals surface area contributed by atoms with Gasteiger partial charge in [-0.3, -0.25) is 0 Å². The molecule has 2 heterocycles. The van der Waals surface area contributed by atoms with Gasteiger partial charge in [0.2, 0.25) is 0 Å². The van der Waals surface area contributed by atoms with Crippen LogP contribution in [0.2, 0.25) is 0 Å². The van der Waals surface area contributed by atoms with Crippen molar-refractivity contribution in [3.05, 3.63) is 35.9 Å². The summed E-state index contributed by atoms with van der Waals surface area (Å²) in [4.78, 5) is 12.3. The molecular formula is C20H29NO10. The largest absolute Gasteiger partial charge is 0.445 e. The second-order valence-electron chi connectivity index (χ2n) is 7.50. The fourth-order valence-corrected chi connectivity index (χ4v) is 3.63. The first-order valence-corrected chi connectivity index (χ1v) is 10.1. The van der Waals surface area contributed by atoms with E-state index in [1.54, 1.807) is 31.2 Å². The molecule has 1 aromatic carbocycles. The number of aliphatic hydroxyl groups is 5. The minimum absolute atomic E-state index is 0.0179. The molecule has 31 heavy (non-hydrogen) atoms. The molecule has 2 aliphatic heterocycles. The third-order valence-corrected chi connectivity index (χ3v) is 5.38. The van der Waals surface area contributed by atoms with Gasteiger partial charge in [0, 0.05) is 0 Å². The van der Waals surface area contributed by atoms with Crippen molar-refractivity contribution in [3.63, 3.8) is 0 Å². The van der Waals surface area contributed by atoms with Gasteiger partial charge < -0.3 is 49.8 Å². The molecule has 2 fully saturated rings. The maximum absolute atomic E-state index is 12.3. The molecule has 2 saturated heterocycles. The first-order valence-electron chi connectivity index (χ1n) is 10.1. The number of hydrogen-bond acceptors (Lipinski definition) is 10. The van der Waals surface area contributed by atoms with Crippen LogP contribution >= 0.6 is 0 Å². The predicted molar refractivity (Wildman–Crippen MR) is 103 cm³/mol. The zero-order valence-corrected chi connectivity index (χ0v) is 17.0. The summed E-state index contributed by atoms with van der Waals surface area (Å²) >= 11 is 0. The van der Waals surface area contributed by atoms with Crippen molar-refractivity contribution in [2.24, 2.45) is 0 Å². The van der Waals surface area contributed by atoms with Gasteiger partial charge in [-0.05, 0) is 12.0 Å². The second kappa shape index (κ2) is 10.7. The average molecular weight is 443 g/mol. The number of ether oxygens (including phenoxy) is 4. The quantitative estimate of drug-likeness (QED) is 0.295. The van der Waals surface area contributed by atoms with Gasteiger partial charge in [-0.15, -0.1) is 0 Å². The van der Waals surface area contributed by atoms with Gasteiger partial charge in [0.1, 0.15) is 43.2 Å². The fourth-order valence-electron chi connectivity index (χ4n) is 3.63. The van der Waals surface area contributed by atoms with Crippen LogP contribution in [0.3, 0.4) is 0 Å². The number of aliphatic hydroxyl groups excluding tert-OH is 5. The minimum Gasteiger partial charge on any atom is -0.445 e. The van der Waals surface area contributed by atoms with Crippen LogP contribution < -0.4 is 5.32 Å². The van der Waals surface area contributed by atoms with E-state index < -0.39 is 67.9 Å². The Morgan fingerprint density at radius 3 is 2.39 bits per heavy atom. The summed E-state index contributed by atoms with van der Waals surface area (Å²) in [5.74, 6) is 0. The summed E-state index contributed by atoms with van der Waals surface area (Å²) in [7, 11) is 0. The van der Waals surface area contributed by atoms with Gasteiger partial charge in [0.25, 0.3) is 0 Å². The van der Waals surface area contributed by atoms with Gasteiger partial charge in [-0.2, -0.15) is 0 Å². The van der Waals surface area contributed by atoms with Crippen LogP contribution in [0.4, 0.5) is 4.79 Å². The SMILES string of the molecule is CC[C@@H]1O[C@H](O[C@H]2[C@@H](O)[C@@H](O)O[C@@H]2CO)[C@H](NC(=O)OCc2ccccc2)[C@@H](O)[C@@H]1O. The van der Waals surface area contributed by atoms with Crippen molar-refractivity contribution < 1.29 is 49.3 Å². The zero-order valence-electron chi connectivity index (χ0n) is 17.0. The summed E-state index contributed by atoms with van der Waals surface area (Å²) in [5.41, 5.74) is 0.753. The molecule has 3 rings (SSSR count). The third-order valence-electron chi connectivity index (χ3n) is 5.38. The molecule has 1 aromatic rings. The van der Waals surface area contributed by atoms with E-state index in [1.807, 2.05) is 6.07 Å². The highest BCUT2D eigenvalue weighted by Gasteiger charge is 2.50. The molecule has 1 amide bonds. The smallest absolute Gasteiger partial charge is 0.407 e. The Morgan fingerprint density at radius 2 is 1.74 bits per heavy atom. The molecule has 0 bridgehead atoms. The van der Waals surface area contributed by atoms with Crippen molar-refractivity contribution >= 4 is 6.09 Å². The van der Waals surface area contributed by atoms with E-state index in [1.165, 1.54) is 0 Å². The van der Waals surface area contributed by atoms with Crippen LogP contribution in [0.25, 0.3) is 0 Å². The molecule has 0 saturated carbocycles. The highest BCUT2D eigenvalue weighted by atomic mass is 16.7. The third kappa shape index (κ3) is 5.51. The van der Waals surface area contributed by atoms with E-state index in [-0.39, 0.29) is 6.61 Å². The first kappa shape index (κ1) is 23.8. The fraction of sp³-hybridized carbons (Fsp3) is 0.650. The summed E-state index contributed by atoms with van der Waals surface area (Å²) in [5, 5.41) is 52.6. The van der Waals surface area contributed by atoms with E-state index in [0.717, 1.165) is 5.56 Å². The lowest BCUT2D eigenvalue weighted by Gasteiger charge is -2.43. The number of alkyl carbamates (subject to hydrolysis) is 1. The average Bonchev–Trinajstić information content (AvgIpc) is 3.05. The van der Waals surface area contributed by atoms with Gasteiger partial charge in [-0.1, -0.05) is 37.3 Å². The Labute approximate surface area is 179 Å². The number of nitrogens with one attached hydrogen (secondary N) is 1. The minimum atomic E-state index is -1.58. The molecule has 2 aliphatic rings. The van der Waals surface area contributed by atoms with E-state index in [2.05, 4.69) is 5.32 Å². The van der Waals surface area contributed by atoms with Gasteiger partial charge in [0.15, 0.2) is 12.6 Å². The lowest BCUT2D eigenvalue weighted by molar-refractivity contribution is -0.286. The van der Waals surface area contributed by atoms with Gasteiger partial charge in [0.05, 0.1) is 12.7 Å². The standard InChI is InChI=1S/C20H29NO10/c1-2-11-14(23)15(24)13(21-20(27)28-9-10-6-4-3-5-7-10)19(30-11)31-17-12(8-22)29-18(26)16(17)25/h3-7,11-19,22-26H,2,8-9H2,1H3,(H,21,27)/t11-,12+,13+,14+,15+,16+,17+,18-,19+/m0/s1. The number of rotatable bonds is 7. The summed E-state index contributed by atoms with van der Waals surface area (Å²) in [6.07, 6.45) is -10.8. The monoisotopic (exact) mass is 443 g/mol. The molecule has 0 radical (unpaired) electrons. The zero-order chi connectivity index (χ0) is 22.5. The van der Waals surface area contributed by atoms with Crippen molar-refractivity contribution in [2.75, 3.05) is 6.61 Å². The van der Waals surface area contributed by atoms with E-state index in [4.69, 9.17) is 18.9 Å². The Morgan fingerprint density at radius 1 is 1.03 bits per heavy atom. The van der Waals surface area contributed by atoms with Crippen molar-refractivity contribution in [1.82, 2.24) is 5.32 Å². The van der Waals surface area contributed by atoms with E-state index in [0.29, 0.717) is 6.42 Å². The van der Waals surface area contributed by atoms with Crippen LogP contribution in [-0.2, 0) is 25.6 Å². The molecule has 0 aromatic heterocycles. The van der Waals surface area contributed by atoms with Crippen LogP contribution in [0.1, 0.15) is 18.9 Å². The molecule has 9 atom stereocenters. The number of carbonyl (C=O) groups is 1. The molecular weight excluding hydrogens is 414 g/mol. The van der Waals surface area contributed by atoms with Crippen molar-refractivity contribution in [1.29, 1.82) is 0 Å². The summed E-state index contributed by atoms with van der Waals surface area (Å²) in [6, 6.07) is 7.70. The highest BCUT2D eigenvalue weighted by molar-refractivity contribution is 5.67. The lowest BCUT2D eigenvalue weighted by atomic mass is 9.95. The number of carbonyl (C=O) groups excluding carboxylic acids is 1. The van der Waals surface area contributed by atoms with Crippen LogP contribution in [-0.4, -0.2) is 93.5 Å². The Bertz CT molecular complexity index is 706. The lowest BCUT2D eigenvalue weighted by Crippen LogP contribution is -2.65. The van der Waals surface area contributed by atoms with Crippen LogP contribution in [0, 0.1) is 0 Å². The predicted octanol–water partition coefficient (Wildman–Crippen LogP) is -1.41. The van der Waals surface area contributed by atoms with Gasteiger partial charge >= 0.3 is 6.09 Å². The Hall–Kier alpha value is -1.83. The normalized spacial score (nSPS) is 38.1. The number of amides is 1. The Balaban J connectivity index is 1.70. The molecule has 0 aliphatic carbocycles. The molecule has 174 valence electrons. The maximum atomic E-state index is 12.3.